The van der Waals surface area contributed by atoms with Crippen molar-refractivity contribution in [1.82, 2.24) is 15.1 Å². The number of rotatable bonds is 6. The Labute approximate surface area is 188 Å². The predicted molar refractivity (Wildman–Crippen MR) is 121 cm³/mol. The minimum absolute atomic E-state index is 0.146. The topological polar surface area (TPSA) is 46.9 Å². The molecule has 1 aromatic carbocycles. The van der Waals surface area contributed by atoms with Crippen LogP contribution in [0.25, 0.3) is 16.3 Å². The number of benzene rings is 1. The summed E-state index contributed by atoms with van der Waals surface area (Å²) in [6.07, 6.45) is 4.72. The molecule has 0 radical (unpaired) electrons. The van der Waals surface area contributed by atoms with Gasteiger partial charge in [-0.15, -0.1) is 11.3 Å². The van der Waals surface area contributed by atoms with Crippen LogP contribution in [0.15, 0.2) is 24.3 Å². The van der Waals surface area contributed by atoms with Crippen LogP contribution < -0.4 is 5.32 Å². The zero-order valence-corrected chi connectivity index (χ0v) is 19.0. The van der Waals surface area contributed by atoms with Crippen LogP contribution in [-0.4, -0.2) is 22.2 Å². The summed E-state index contributed by atoms with van der Waals surface area (Å²) < 4.78 is 2.49. The molecule has 0 saturated carbocycles. The Morgan fingerprint density at radius 3 is 2.79 bits per heavy atom. The van der Waals surface area contributed by atoms with E-state index in [1.165, 1.54) is 16.9 Å². The quantitative estimate of drug-likeness (QED) is 0.415. The Balaban J connectivity index is 1.81. The maximum atomic E-state index is 12.9. The number of nitrogens with zero attached hydrogens (tertiary/aromatic N) is 2. The van der Waals surface area contributed by atoms with Gasteiger partial charge in [0.1, 0.15) is 0 Å². The first-order valence-corrected chi connectivity index (χ1v) is 11.6. The second-order valence-corrected chi connectivity index (χ2v) is 9.58. The molecule has 1 aliphatic rings. The van der Waals surface area contributed by atoms with E-state index in [0.29, 0.717) is 28.0 Å². The van der Waals surface area contributed by atoms with Gasteiger partial charge in [0.15, 0.2) is 5.69 Å². The van der Waals surface area contributed by atoms with Gasteiger partial charge < -0.3 is 5.32 Å². The van der Waals surface area contributed by atoms with Crippen LogP contribution in [0.2, 0.25) is 14.4 Å². The number of fused-ring (bicyclic) bond motifs is 3. The Morgan fingerprint density at radius 1 is 1.21 bits per heavy atom. The summed E-state index contributed by atoms with van der Waals surface area (Å²) in [6, 6.07) is 7.27. The molecule has 0 unspecified atom stereocenters. The van der Waals surface area contributed by atoms with Gasteiger partial charge in [-0.2, -0.15) is 5.10 Å². The molecule has 2 aromatic heterocycles. The highest BCUT2D eigenvalue weighted by Crippen LogP contribution is 2.44. The van der Waals surface area contributed by atoms with Crippen molar-refractivity contribution in [3.8, 4) is 16.3 Å². The van der Waals surface area contributed by atoms with Crippen LogP contribution in [0.4, 0.5) is 0 Å². The molecule has 3 aromatic rings. The van der Waals surface area contributed by atoms with E-state index >= 15 is 0 Å². The van der Waals surface area contributed by atoms with E-state index < -0.39 is 0 Å². The highest BCUT2D eigenvalue weighted by molar-refractivity contribution is 7.19. The molecule has 0 spiro atoms. The zero-order valence-electron chi connectivity index (χ0n) is 15.9. The smallest absolute Gasteiger partial charge is 0.272 e. The predicted octanol–water partition coefficient (Wildman–Crippen LogP) is 6.58. The van der Waals surface area contributed by atoms with Gasteiger partial charge in [0.25, 0.3) is 5.91 Å². The Bertz CT molecular complexity index is 1070. The second kappa shape index (κ2) is 8.68. The lowest BCUT2D eigenvalue weighted by Gasteiger charge is -2.15. The number of carbonyl (C=O) groups is 1. The average molecular weight is 469 g/mol. The molecule has 2 heterocycles. The maximum Gasteiger partial charge on any atom is 0.272 e. The van der Waals surface area contributed by atoms with E-state index in [2.05, 4.69) is 12.2 Å². The molecule has 0 bridgehead atoms. The first kappa shape index (κ1) is 20.7. The van der Waals surface area contributed by atoms with Crippen molar-refractivity contribution in [2.75, 3.05) is 6.54 Å². The van der Waals surface area contributed by atoms with Crippen LogP contribution in [0, 0.1) is 0 Å². The van der Waals surface area contributed by atoms with Gasteiger partial charge in [0, 0.05) is 17.1 Å². The van der Waals surface area contributed by atoms with E-state index in [4.69, 9.17) is 39.9 Å². The highest BCUT2D eigenvalue weighted by Gasteiger charge is 2.31. The van der Waals surface area contributed by atoms with E-state index in [-0.39, 0.29) is 5.91 Å². The lowest BCUT2D eigenvalue weighted by atomic mass is 9.94. The van der Waals surface area contributed by atoms with Gasteiger partial charge in [-0.05, 0) is 49.1 Å². The highest BCUT2D eigenvalue weighted by atomic mass is 35.5. The maximum absolute atomic E-state index is 12.9. The van der Waals surface area contributed by atoms with Gasteiger partial charge in [-0.1, -0.05) is 54.6 Å². The molecule has 1 N–H and O–H groups in total. The van der Waals surface area contributed by atoms with Crippen molar-refractivity contribution >= 4 is 52.0 Å². The minimum Gasteiger partial charge on any atom is -0.351 e. The fourth-order valence-electron chi connectivity index (χ4n) is 3.63. The number of hydrogen-bond acceptors (Lipinski definition) is 3. The molecule has 29 heavy (non-hydrogen) atoms. The number of aromatic nitrogens is 2. The summed E-state index contributed by atoms with van der Waals surface area (Å²) in [7, 11) is 0. The third-order valence-corrected chi connectivity index (χ3v) is 6.89. The third kappa shape index (κ3) is 4.06. The van der Waals surface area contributed by atoms with Crippen LogP contribution in [-0.2, 0) is 12.8 Å². The molecule has 8 heteroatoms. The molecular formula is C21H20Cl3N3OS. The van der Waals surface area contributed by atoms with E-state index in [1.807, 2.05) is 12.1 Å². The van der Waals surface area contributed by atoms with Gasteiger partial charge in [0.2, 0.25) is 0 Å². The van der Waals surface area contributed by atoms with Crippen molar-refractivity contribution < 1.29 is 4.79 Å². The molecule has 0 saturated heterocycles. The largest absolute Gasteiger partial charge is 0.351 e. The lowest BCUT2D eigenvalue weighted by molar-refractivity contribution is 0.0946. The molecule has 152 valence electrons. The van der Waals surface area contributed by atoms with Crippen molar-refractivity contribution in [3.63, 3.8) is 0 Å². The minimum atomic E-state index is -0.146. The molecule has 0 aliphatic heterocycles. The van der Waals surface area contributed by atoms with Crippen LogP contribution in [0.5, 0.6) is 0 Å². The first-order valence-electron chi connectivity index (χ1n) is 9.63. The average Bonchev–Trinajstić information content (AvgIpc) is 3.25. The van der Waals surface area contributed by atoms with Crippen molar-refractivity contribution in [3.05, 3.63) is 55.5 Å². The second-order valence-electron chi connectivity index (χ2n) is 7.05. The fourth-order valence-corrected chi connectivity index (χ4v) is 5.48. The van der Waals surface area contributed by atoms with Crippen LogP contribution in [0.1, 0.15) is 47.8 Å². The number of unbranched alkanes of at least 4 members (excludes halogenated alkanes) is 2. The van der Waals surface area contributed by atoms with Gasteiger partial charge >= 0.3 is 0 Å². The molecule has 0 fully saturated rings. The summed E-state index contributed by atoms with van der Waals surface area (Å²) in [4.78, 5) is 14.0. The Hall–Kier alpha value is -1.53. The molecular weight excluding hydrogens is 449 g/mol. The molecule has 1 aliphatic carbocycles. The van der Waals surface area contributed by atoms with Crippen LogP contribution >= 0.6 is 46.1 Å². The zero-order chi connectivity index (χ0) is 20.5. The lowest BCUT2D eigenvalue weighted by Crippen LogP contribution is -2.26. The summed E-state index contributed by atoms with van der Waals surface area (Å²) in [5, 5.41) is 8.74. The number of nitrogens with one attached hydrogen (secondary N) is 1. The van der Waals surface area contributed by atoms with Gasteiger partial charge in [-0.25, -0.2) is 4.68 Å². The summed E-state index contributed by atoms with van der Waals surface area (Å²) in [6.45, 7) is 2.78. The summed E-state index contributed by atoms with van der Waals surface area (Å²) in [5.74, 6) is -0.146. The number of aryl methyl sites for hydroxylation is 1. The molecule has 1 amide bonds. The van der Waals surface area contributed by atoms with Crippen molar-refractivity contribution in [2.45, 2.75) is 39.0 Å². The number of hydrogen-bond donors (Lipinski definition) is 1. The third-order valence-electron chi connectivity index (χ3n) is 5.04. The van der Waals surface area contributed by atoms with Crippen LogP contribution in [0.3, 0.4) is 0 Å². The van der Waals surface area contributed by atoms with Gasteiger partial charge in [-0.3, -0.25) is 4.79 Å². The number of thiophene rings is 1. The molecule has 4 rings (SSSR count). The fraction of sp³-hybridized carbons (Fsp3) is 0.333. The van der Waals surface area contributed by atoms with Crippen molar-refractivity contribution in [1.29, 1.82) is 0 Å². The SMILES string of the molecule is CCCCCNC(=O)c1nn(-c2ccc(Cl)cc2Cl)c2c1CCc1cc(Cl)sc1-2. The van der Waals surface area contributed by atoms with Crippen molar-refractivity contribution in [2.24, 2.45) is 0 Å². The normalized spacial score (nSPS) is 12.6. The van der Waals surface area contributed by atoms with E-state index in [9.17, 15) is 4.79 Å². The standard InChI is InChI=1S/C21H20Cl3N3OS/c1-2-3-4-9-25-21(28)18-14-7-5-12-10-17(24)29-20(12)19(14)27(26-18)16-8-6-13(22)11-15(16)23/h6,8,10-11H,2-5,7,9H2,1H3,(H,25,28). The summed E-state index contributed by atoms with van der Waals surface area (Å²) in [5.41, 5.74) is 4.15. The molecule has 4 nitrogen and oxygen atoms in total. The number of carbonyl (C=O) groups excluding carboxylic acids is 1. The Morgan fingerprint density at radius 2 is 2.03 bits per heavy atom. The first-order chi connectivity index (χ1) is 14.0. The Kier molecular flexibility index (Phi) is 6.21. The molecule has 0 atom stereocenters. The number of amides is 1. The van der Waals surface area contributed by atoms with Gasteiger partial charge in [0.05, 0.1) is 25.6 Å². The van der Waals surface area contributed by atoms with E-state index in [1.54, 1.807) is 16.8 Å². The van der Waals surface area contributed by atoms with E-state index in [0.717, 1.165) is 52.6 Å². The summed E-state index contributed by atoms with van der Waals surface area (Å²) >= 11 is 20.4. The monoisotopic (exact) mass is 467 g/mol. The number of halogens is 3.